The van der Waals surface area contributed by atoms with Gasteiger partial charge in [-0.3, -0.25) is 4.90 Å². The molecule has 2 unspecified atom stereocenters. The SMILES string of the molecule is CN1C2C=C(c3cnn(-c4ccccc4)c3)CC1CCC2. The second-order valence-electron chi connectivity index (χ2n) is 6.22. The van der Waals surface area contributed by atoms with Crippen LogP contribution in [-0.2, 0) is 0 Å². The van der Waals surface area contributed by atoms with Gasteiger partial charge in [0.05, 0.1) is 11.9 Å². The third kappa shape index (κ3) is 2.32. The summed E-state index contributed by atoms with van der Waals surface area (Å²) in [4.78, 5) is 2.55. The molecule has 3 heteroatoms. The molecule has 3 nitrogen and oxygen atoms in total. The lowest BCUT2D eigenvalue weighted by molar-refractivity contribution is 0.137. The smallest absolute Gasteiger partial charge is 0.0645 e. The van der Waals surface area contributed by atoms with Crippen LogP contribution >= 0.6 is 0 Å². The summed E-state index contributed by atoms with van der Waals surface area (Å²) in [5.41, 5.74) is 3.88. The standard InChI is InChI=1S/C18H21N3/c1-20-17-8-5-9-18(20)11-14(10-17)15-12-19-21(13-15)16-6-3-2-4-7-16/h2-4,6-7,10,12-13,17-18H,5,8-9,11H2,1H3. The van der Waals surface area contributed by atoms with E-state index < -0.39 is 0 Å². The first kappa shape index (κ1) is 12.8. The molecule has 21 heavy (non-hydrogen) atoms. The topological polar surface area (TPSA) is 21.1 Å². The number of aromatic nitrogens is 2. The molecule has 2 aromatic rings. The highest BCUT2D eigenvalue weighted by molar-refractivity contribution is 5.67. The lowest BCUT2D eigenvalue weighted by Crippen LogP contribution is -2.45. The van der Waals surface area contributed by atoms with Gasteiger partial charge in [-0.25, -0.2) is 4.68 Å². The largest absolute Gasteiger partial charge is 0.297 e. The van der Waals surface area contributed by atoms with Crippen LogP contribution in [0.2, 0.25) is 0 Å². The van der Waals surface area contributed by atoms with Crippen molar-refractivity contribution in [3.8, 4) is 5.69 Å². The Labute approximate surface area is 125 Å². The molecular formula is C18H21N3. The highest BCUT2D eigenvalue weighted by atomic mass is 15.3. The third-order valence-electron chi connectivity index (χ3n) is 4.96. The van der Waals surface area contributed by atoms with Crippen LogP contribution in [0, 0.1) is 0 Å². The minimum atomic E-state index is 0.618. The first-order valence-electron chi connectivity index (χ1n) is 7.84. The molecule has 3 heterocycles. The fourth-order valence-electron chi connectivity index (χ4n) is 3.67. The molecule has 108 valence electrons. The third-order valence-corrected chi connectivity index (χ3v) is 4.96. The van der Waals surface area contributed by atoms with Crippen molar-refractivity contribution in [3.63, 3.8) is 0 Å². The zero-order valence-electron chi connectivity index (χ0n) is 12.4. The summed E-state index contributed by atoms with van der Waals surface area (Å²) >= 11 is 0. The van der Waals surface area contributed by atoms with Crippen LogP contribution in [0.4, 0.5) is 0 Å². The Hall–Kier alpha value is -1.87. The number of piperidine rings is 1. The van der Waals surface area contributed by atoms with E-state index in [4.69, 9.17) is 0 Å². The minimum absolute atomic E-state index is 0.618. The van der Waals surface area contributed by atoms with E-state index in [1.54, 1.807) is 0 Å². The van der Waals surface area contributed by atoms with Crippen LogP contribution in [0.1, 0.15) is 31.2 Å². The molecule has 1 aromatic carbocycles. The number of benzene rings is 1. The minimum Gasteiger partial charge on any atom is -0.297 e. The van der Waals surface area contributed by atoms with Crippen molar-refractivity contribution in [3.05, 3.63) is 54.4 Å². The van der Waals surface area contributed by atoms with E-state index in [2.05, 4.69) is 53.6 Å². The number of fused-ring (bicyclic) bond motifs is 2. The molecule has 2 atom stereocenters. The molecule has 2 aliphatic heterocycles. The van der Waals surface area contributed by atoms with Crippen molar-refractivity contribution < 1.29 is 0 Å². The van der Waals surface area contributed by atoms with Crippen LogP contribution in [0.3, 0.4) is 0 Å². The fraction of sp³-hybridized carbons (Fsp3) is 0.389. The summed E-state index contributed by atoms with van der Waals surface area (Å²) in [6.07, 6.45) is 11.8. The average molecular weight is 279 g/mol. The number of para-hydroxylation sites is 1. The zero-order valence-corrected chi connectivity index (χ0v) is 12.4. The maximum Gasteiger partial charge on any atom is 0.0645 e. The van der Waals surface area contributed by atoms with Gasteiger partial charge in [-0.2, -0.15) is 5.10 Å². The highest BCUT2D eigenvalue weighted by Crippen LogP contribution is 2.35. The van der Waals surface area contributed by atoms with Gasteiger partial charge in [0, 0.05) is 23.8 Å². The lowest BCUT2D eigenvalue weighted by atomic mass is 9.84. The van der Waals surface area contributed by atoms with Crippen LogP contribution in [0.5, 0.6) is 0 Å². The summed E-state index contributed by atoms with van der Waals surface area (Å²) in [5, 5.41) is 4.54. The predicted molar refractivity (Wildman–Crippen MR) is 85.3 cm³/mol. The van der Waals surface area contributed by atoms with Gasteiger partial charge in [-0.15, -0.1) is 0 Å². The fourth-order valence-corrected chi connectivity index (χ4v) is 3.67. The summed E-state index contributed by atoms with van der Waals surface area (Å²) in [6, 6.07) is 11.7. The lowest BCUT2D eigenvalue weighted by Gasteiger charge is -2.42. The Kier molecular flexibility index (Phi) is 3.15. The Balaban J connectivity index is 1.64. The van der Waals surface area contributed by atoms with Gasteiger partial charge < -0.3 is 0 Å². The Morgan fingerprint density at radius 2 is 2.00 bits per heavy atom. The molecule has 0 amide bonds. The van der Waals surface area contributed by atoms with Crippen LogP contribution in [0.15, 0.2) is 48.8 Å². The number of rotatable bonds is 2. The zero-order chi connectivity index (χ0) is 14.2. The molecule has 1 aromatic heterocycles. The van der Waals surface area contributed by atoms with E-state index in [1.165, 1.54) is 30.4 Å². The molecule has 2 aliphatic rings. The highest BCUT2D eigenvalue weighted by Gasteiger charge is 2.31. The van der Waals surface area contributed by atoms with Gasteiger partial charge in [-0.05, 0) is 44.0 Å². The Morgan fingerprint density at radius 1 is 1.14 bits per heavy atom. The molecular weight excluding hydrogens is 258 g/mol. The van der Waals surface area contributed by atoms with E-state index >= 15 is 0 Å². The molecule has 4 rings (SSSR count). The molecule has 0 aliphatic carbocycles. The molecule has 0 N–H and O–H groups in total. The number of likely N-dealkylation sites (N-methyl/N-ethyl adjacent to an activating group) is 1. The van der Waals surface area contributed by atoms with Gasteiger partial charge in [0.15, 0.2) is 0 Å². The maximum absolute atomic E-state index is 4.54. The van der Waals surface area contributed by atoms with E-state index in [0.717, 1.165) is 12.1 Å². The van der Waals surface area contributed by atoms with Gasteiger partial charge >= 0.3 is 0 Å². The quantitative estimate of drug-likeness (QED) is 0.838. The molecule has 1 fully saturated rings. The predicted octanol–water partition coefficient (Wildman–Crippen LogP) is 3.51. The van der Waals surface area contributed by atoms with Gasteiger partial charge in [0.25, 0.3) is 0 Å². The van der Waals surface area contributed by atoms with Crippen molar-refractivity contribution in [1.82, 2.24) is 14.7 Å². The number of hydrogen-bond donors (Lipinski definition) is 0. The van der Waals surface area contributed by atoms with Gasteiger partial charge in [0.2, 0.25) is 0 Å². The van der Waals surface area contributed by atoms with E-state index in [-0.39, 0.29) is 0 Å². The number of hydrogen-bond acceptors (Lipinski definition) is 2. The molecule has 2 bridgehead atoms. The van der Waals surface area contributed by atoms with E-state index in [1.807, 2.05) is 16.9 Å². The first-order chi connectivity index (χ1) is 10.3. The van der Waals surface area contributed by atoms with Crippen LogP contribution < -0.4 is 0 Å². The van der Waals surface area contributed by atoms with Gasteiger partial charge in [0.1, 0.15) is 0 Å². The van der Waals surface area contributed by atoms with Crippen LogP contribution in [-0.4, -0.2) is 33.8 Å². The van der Waals surface area contributed by atoms with Crippen molar-refractivity contribution in [2.75, 3.05) is 7.05 Å². The van der Waals surface area contributed by atoms with Crippen molar-refractivity contribution in [1.29, 1.82) is 0 Å². The second kappa shape index (κ2) is 5.15. The Morgan fingerprint density at radius 3 is 2.81 bits per heavy atom. The normalized spacial score (nSPS) is 25.7. The monoisotopic (exact) mass is 279 g/mol. The summed E-state index contributed by atoms with van der Waals surface area (Å²) < 4.78 is 1.98. The summed E-state index contributed by atoms with van der Waals surface area (Å²) in [7, 11) is 2.27. The first-order valence-corrected chi connectivity index (χ1v) is 7.84. The number of nitrogens with zero attached hydrogens (tertiary/aromatic N) is 3. The van der Waals surface area contributed by atoms with E-state index in [9.17, 15) is 0 Å². The Bertz CT molecular complexity index is 656. The van der Waals surface area contributed by atoms with Crippen LogP contribution in [0.25, 0.3) is 11.3 Å². The van der Waals surface area contributed by atoms with Crippen molar-refractivity contribution in [2.24, 2.45) is 0 Å². The summed E-state index contributed by atoms with van der Waals surface area (Å²) in [5.74, 6) is 0. The van der Waals surface area contributed by atoms with E-state index in [0.29, 0.717) is 12.1 Å². The van der Waals surface area contributed by atoms with Gasteiger partial charge in [-0.1, -0.05) is 30.7 Å². The molecule has 1 saturated heterocycles. The molecule has 0 saturated carbocycles. The second-order valence-corrected chi connectivity index (χ2v) is 6.22. The van der Waals surface area contributed by atoms with Crippen molar-refractivity contribution in [2.45, 2.75) is 37.8 Å². The molecule has 0 spiro atoms. The maximum atomic E-state index is 4.54. The summed E-state index contributed by atoms with van der Waals surface area (Å²) in [6.45, 7) is 0. The van der Waals surface area contributed by atoms with Crippen molar-refractivity contribution >= 4 is 5.57 Å². The molecule has 0 radical (unpaired) electrons. The average Bonchev–Trinajstić information content (AvgIpc) is 2.98.